The lowest BCUT2D eigenvalue weighted by Crippen LogP contribution is -2.21. The maximum atomic E-state index is 4.20. The van der Waals surface area contributed by atoms with Crippen molar-refractivity contribution in [3.63, 3.8) is 0 Å². The first-order valence-electron chi connectivity index (χ1n) is 6.57. The van der Waals surface area contributed by atoms with Crippen LogP contribution >= 0.6 is 0 Å². The van der Waals surface area contributed by atoms with Crippen molar-refractivity contribution in [3.05, 3.63) is 42.0 Å². The largest absolute Gasteiger partial charge is 0.350 e. The molecule has 0 aromatic carbocycles. The van der Waals surface area contributed by atoms with Gasteiger partial charge in [0.2, 0.25) is 0 Å². The van der Waals surface area contributed by atoms with E-state index in [1.165, 1.54) is 11.4 Å². The molecule has 4 nitrogen and oxygen atoms in total. The third kappa shape index (κ3) is 2.82. The summed E-state index contributed by atoms with van der Waals surface area (Å²) in [6.45, 7) is 6.34. The van der Waals surface area contributed by atoms with Gasteiger partial charge in [0.1, 0.15) is 0 Å². The second kappa shape index (κ2) is 5.87. The molecule has 1 unspecified atom stereocenters. The number of aromatic nitrogens is 3. The van der Waals surface area contributed by atoms with Crippen molar-refractivity contribution in [2.45, 2.75) is 32.9 Å². The Hall–Kier alpha value is -1.55. The SMILES string of the molecule is CCNC(C)c1cccn1CCc1ccnn1C. The molecule has 4 heteroatoms. The predicted molar refractivity (Wildman–Crippen MR) is 73.4 cm³/mol. The molecule has 0 fully saturated rings. The van der Waals surface area contributed by atoms with Crippen LogP contribution in [0.3, 0.4) is 0 Å². The topological polar surface area (TPSA) is 34.8 Å². The highest BCUT2D eigenvalue weighted by Gasteiger charge is 2.09. The van der Waals surface area contributed by atoms with Crippen LogP contribution in [0.4, 0.5) is 0 Å². The summed E-state index contributed by atoms with van der Waals surface area (Å²) in [5.74, 6) is 0. The van der Waals surface area contributed by atoms with Gasteiger partial charge in [-0.05, 0) is 31.7 Å². The fourth-order valence-electron chi connectivity index (χ4n) is 2.32. The Morgan fingerprint density at radius 1 is 1.39 bits per heavy atom. The van der Waals surface area contributed by atoms with E-state index < -0.39 is 0 Å². The Bertz CT molecular complexity index is 483. The van der Waals surface area contributed by atoms with Gasteiger partial charge in [0, 0.05) is 49.8 Å². The van der Waals surface area contributed by atoms with Crippen molar-refractivity contribution in [2.75, 3.05) is 6.54 Å². The molecule has 0 saturated heterocycles. The van der Waals surface area contributed by atoms with Crippen LogP contribution in [0.25, 0.3) is 0 Å². The minimum atomic E-state index is 0.400. The van der Waals surface area contributed by atoms with Crippen LogP contribution in [0.2, 0.25) is 0 Å². The van der Waals surface area contributed by atoms with Crippen LogP contribution < -0.4 is 5.32 Å². The van der Waals surface area contributed by atoms with Crippen molar-refractivity contribution in [2.24, 2.45) is 7.05 Å². The van der Waals surface area contributed by atoms with Crippen molar-refractivity contribution >= 4 is 0 Å². The average molecular weight is 246 g/mol. The molecule has 0 aliphatic carbocycles. The molecular formula is C14H22N4. The van der Waals surface area contributed by atoms with Gasteiger partial charge in [-0.1, -0.05) is 6.92 Å². The van der Waals surface area contributed by atoms with Crippen molar-refractivity contribution in [1.82, 2.24) is 19.7 Å². The number of rotatable bonds is 6. The van der Waals surface area contributed by atoms with Gasteiger partial charge in [0.25, 0.3) is 0 Å². The summed E-state index contributed by atoms with van der Waals surface area (Å²) in [5.41, 5.74) is 2.62. The van der Waals surface area contributed by atoms with E-state index in [0.29, 0.717) is 6.04 Å². The Labute approximate surface area is 109 Å². The maximum absolute atomic E-state index is 4.20. The summed E-state index contributed by atoms with van der Waals surface area (Å²) in [4.78, 5) is 0. The lowest BCUT2D eigenvalue weighted by atomic mass is 10.2. The Morgan fingerprint density at radius 3 is 2.89 bits per heavy atom. The monoisotopic (exact) mass is 246 g/mol. The molecule has 1 N–H and O–H groups in total. The number of nitrogens with zero attached hydrogens (tertiary/aromatic N) is 3. The highest BCUT2D eigenvalue weighted by atomic mass is 15.3. The molecule has 2 rings (SSSR count). The standard InChI is InChI=1S/C14H22N4/c1-4-15-12(2)14-6-5-10-18(14)11-8-13-7-9-16-17(13)3/h5-7,9-10,12,15H,4,8,11H2,1-3H3. The molecule has 0 radical (unpaired) electrons. The molecule has 98 valence electrons. The normalized spacial score (nSPS) is 12.8. The van der Waals surface area contributed by atoms with Gasteiger partial charge in [-0.2, -0.15) is 5.10 Å². The highest BCUT2D eigenvalue weighted by Crippen LogP contribution is 2.14. The molecule has 2 aromatic rings. The van der Waals surface area contributed by atoms with Crippen LogP contribution in [0.15, 0.2) is 30.6 Å². The van der Waals surface area contributed by atoms with Gasteiger partial charge in [0.15, 0.2) is 0 Å². The molecule has 0 aliphatic rings. The zero-order valence-corrected chi connectivity index (χ0v) is 11.4. The van der Waals surface area contributed by atoms with Crippen molar-refractivity contribution in [3.8, 4) is 0 Å². The second-order valence-corrected chi connectivity index (χ2v) is 4.60. The van der Waals surface area contributed by atoms with E-state index in [2.05, 4.69) is 53.2 Å². The number of nitrogens with one attached hydrogen (secondary N) is 1. The first-order valence-corrected chi connectivity index (χ1v) is 6.57. The van der Waals surface area contributed by atoms with Crippen LogP contribution in [0.5, 0.6) is 0 Å². The average Bonchev–Trinajstić information content (AvgIpc) is 2.95. The van der Waals surface area contributed by atoms with Gasteiger partial charge in [-0.15, -0.1) is 0 Å². The molecule has 0 bridgehead atoms. The minimum absolute atomic E-state index is 0.400. The van der Waals surface area contributed by atoms with E-state index in [9.17, 15) is 0 Å². The quantitative estimate of drug-likeness (QED) is 0.847. The highest BCUT2D eigenvalue weighted by molar-refractivity contribution is 5.12. The first-order chi connectivity index (χ1) is 8.72. The zero-order valence-electron chi connectivity index (χ0n) is 11.4. The first kappa shape index (κ1) is 12.9. The van der Waals surface area contributed by atoms with E-state index in [0.717, 1.165) is 19.5 Å². The van der Waals surface area contributed by atoms with E-state index in [4.69, 9.17) is 0 Å². The lowest BCUT2D eigenvalue weighted by molar-refractivity contribution is 0.534. The number of aryl methyl sites for hydroxylation is 3. The Morgan fingerprint density at radius 2 is 2.22 bits per heavy atom. The predicted octanol–water partition coefficient (Wildman–Crippen LogP) is 2.13. The fraction of sp³-hybridized carbons (Fsp3) is 0.500. The third-order valence-electron chi connectivity index (χ3n) is 3.35. The van der Waals surface area contributed by atoms with Crippen LogP contribution in [-0.2, 0) is 20.0 Å². The molecule has 2 aromatic heterocycles. The zero-order chi connectivity index (χ0) is 13.0. The minimum Gasteiger partial charge on any atom is -0.350 e. The summed E-state index contributed by atoms with van der Waals surface area (Å²) >= 11 is 0. The second-order valence-electron chi connectivity index (χ2n) is 4.60. The van der Waals surface area contributed by atoms with E-state index in [1.54, 1.807) is 0 Å². The van der Waals surface area contributed by atoms with Gasteiger partial charge in [0.05, 0.1) is 0 Å². The molecule has 18 heavy (non-hydrogen) atoms. The molecular weight excluding hydrogens is 224 g/mol. The van der Waals surface area contributed by atoms with E-state index in [-0.39, 0.29) is 0 Å². The Balaban J connectivity index is 2.02. The summed E-state index contributed by atoms with van der Waals surface area (Å²) in [6.07, 6.45) is 5.02. The molecule has 0 spiro atoms. The van der Waals surface area contributed by atoms with E-state index in [1.807, 2.05) is 17.9 Å². The van der Waals surface area contributed by atoms with Crippen molar-refractivity contribution < 1.29 is 0 Å². The molecule has 0 aliphatic heterocycles. The maximum Gasteiger partial charge on any atom is 0.0492 e. The number of hydrogen-bond donors (Lipinski definition) is 1. The third-order valence-corrected chi connectivity index (χ3v) is 3.35. The Kier molecular flexibility index (Phi) is 4.20. The summed E-state index contributed by atoms with van der Waals surface area (Å²) < 4.78 is 4.26. The van der Waals surface area contributed by atoms with Crippen LogP contribution in [0, 0.1) is 0 Å². The molecule has 0 amide bonds. The summed E-state index contributed by atoms with van der Waals surface area (Å²) in [7, 11) is 1.99. The van der Waals surface area contributed by atoms with Gasteiger partial charge < -0.3 is 9.88 Å². The molecule has 1 atom stereocenters. The van der Waals surface area contributed by atoms with Crippen LogP contribution in [-0.4, -0.2) is 20.9 Å². The molecule has 0 saturated carbocycles. The van der Waals surface area contributed by atoms with Crippen molar-refractivity contribution in [1.29, 1.82) is 0 Å². The summed E-state index contributed by atoms with van der Waals surface area (Å²) in [5, 5.41) is 7.65. The van der Waals surface area contributed by atoms with Gasteiger partial charge >= 0.3 is 0 Å². The molecule has 2 heterocycles. The van der Waals surface area contributed by atoms with Gasteiger partial charge in [-0.3, -0.25) is 4.68 Å². The van der Waals surface area contributed by atoms with Gasteiger partial charge in [-0.25, -0.2) is 0 Å². The number of hydrogen-bond acceptors (Lipinski definition) is 2. The smallest absolute Gasteiger partial charge is 0.0492 e. The fourth-order valence-corrected chi connectivity index (χ4v) is 2.32. The van der Waals surface area contributed by atoms with Crippen LogP contribution in [0.1, 0.15) is 31.3 Å². The lowest BCUT2D eigenvalue weighted by Gasteiger charge is -2.16. The van der Waals surface area contributed by atoms with E-state index >= 15 is 0 Å². The summed E-state index contributed by atoms with van der Waals surface area (Å²) in [6, 6.07) is 6.79.